The number of hydrogen-bond donors (Lipinski definition) is 2. The Morgan fingerprint density at radius 3 is 2.35 bits per heavy atom. The van der Waals surface area contributed by atoms with Crippen LogP contribution in [0, 0.1) is 0 Å². The van der Waals surface area contributed by atoms with Gasteiger partial charge in [-0.3, -0.25) is 4.79 Å². The Hall–Kier alpha value is -1.75. The van der Waals surface area contributed by atoms with Crippen LogP contribution in [0.3, 0.4) is 0 Å². The van der Waals surface area contributed by atoms with Crippen LogP contribution in [0.4, 0.5) is 0 Å². The summed E-state index contributed by atoms with van der Waals surface area (Å²) in [6.45, 7) is 4.84. The van der Waals surface area contributed by atoms with E-state index < -0.39 is 23.5 Å². The van der Waals surface area contributed by atoms with Crippen molar-refractivity contribution in [3.63, 3.8) is 0 Å². The minimum absolute atomic E-state index is 0.304. The maximum Gasteiger partial charge on any atom is 0.326 e. The summed E-state index contributed by atoms with van der Waals surface area (Å²) in [6, 6.07) is 5.67. The van der Waals surface area contributed by atoms with Crippen molar-refractivity contribution in [2.45, 2.75) is 38.8 Å². The monoisotopic (exact) mass is 299 g/mol. The van der Waals surface area contributed by atoms with E-state index in [9.17, 15) is 9.59 Å². The fourth-order valence-corrected chi connectivity index (χ4v) is 1.64. The first-order chi connectivity index (χ1) is 9.26. The molecule has 5 nitrogen and oxygen atoms in total. The summed E-state index contributed by atoms with van der Waals surface area (Å²) in [5, 5.41) is 12.0. The Balaban J connectivity index is 2.74. The van der Waals surface area contributed by atoms with Crippen LogP contribution in [-0.2, 0) is 9.59 Å². The van der Waals surface area contributed by atoms with Gasteiger partial charge >= 0.3 is 5.97 Å². The molecule has 1 amide bonds. The Morgan fingerprint density at radius 2 is 1.90 bits per heavy atom. The number of halogens is 1. The van der Waals surface area contributed by atoms with Crippen LogP contribution in [0.2, 0.25) is 5.02 Å². The van der Waals surface area contributed by atoms with Crippen molar-refractivity contribution in [2.75, 3.05) is 0 Å². The van der Waals surface area contributed by atoms with Crippen molar-refractivity contribution in [3.8, 4) is 5.75 Å². The molecule has 6 heteroatoms. The summed E-state index contributed by atoms with van der Waals surface area (Å²) in [5.41, 5.74) is -1.18. The summed E-state index contributed by atoms with van der Waals surface area (Å²) in [4.78, 5) is 23.0. The number of rotatable bonds is 6. The van der Waals surface area contributed by atoms with Gasteiger partial charge < -0.3 is 15.2 Å². The number of amides is 1. The van der Waals surface area contributed by atoms with Crippen LogP contribution in [0.1, 0.15) is 27.2 Å². The quantitative estimate of drug-likeness (QED) is 0.846. The maximum absolute atomic E-state index is 12.1. The van der Waals surface area contributed by atoms with Crippen LogP contribution in [0.5, 0.6) is 5.75 Å². The number of benzene rings is 1. The van der Waals surface area contributed by atoms with Crippen molar-refractivity contribution in [2.24, 2.45) is 0 Å². The summed E-state index contributed by atoms with van der Waals surface area (Å²) in [5.74, 6) is -1.07. The molecule has 2 N–H and O–H groups in total. The Labute approximate surface area is 122 Å². The van der Waals surface area contributed by atoms with E-state index in [0.717, 1.165) is 0 Å². The summed E-state index contributed by atoms with van der Waals surface area (Å²) in [7, 11) is 0. The van der Waals surface area contributed by atoms with Gasteiger partial charge in [0.25, 0.3) is 5.91 Å². The molecular weight excluding hydrogens is 282 g/mol. The molecule has 0 spiro atoms. The molecule has 0 saturated carbocycles. The molecule has 20 heavy (non-hydrogen) atoms. The van der Waals surface area contributed by atoms with Gasteiger partial charge in [-0.15, -0.1) is 0 Å². The maximum atomic E-state index is 12.1. The second-order valence-electron chi connectivity index (χ2n) is 4.84. The molecule has 0 heterocycles. The van der Waals surface area contributed by atoms with Gasteiger partial charge in [-0.2, -0.15) is 0 Å². The molecule has 1 aromatic carbocycles. The molecule has 0 fully saturated rings. The van der Waals surface area contributed by atoms with Gasteiger partial charge in [-0.05, 0) is 44.5 Å². The number of aliphatic carboxylic acids is 1. The van der Waals surface area contributed by atoms with E-state index in [0.29, 0.717) is 17.2 Å². The molecule has 1 aromatic rings. The fourth-order valence-electron chi connectivity index (χ4n) is 1.51. The van der Waals surface area contributed by atoms with E-state index in [1.54, 1.807) is 45.0 Å². The van der Waals surface area contributed by atoms with E-state index >= 15 is 0 Å². The van der Waals surface area contributed by atoms with Gasteiger partial charge in [-0.25, -0.2) is 4.79 Å². The second kappa shape index (κ2) is 6.61. The minimum atomic E-state index is -1.18. The number of carboxylic acid groups (broad SMARTS) is 1. The first kappa shape index (κ1) is 16.3. The van der Waals surface area contributed by atoms with Gasteiger partial charge in [0.15, 0.2) is 5.60 Å². The van der Waals surface area contributed by atoms with Gasteiger partial charge in [0.05, 0.1) is 0 Å². The highest BCUT2D eigenvalue weighted by Crippen LogP contribution is 2.21. The van der Waals surface area contributed by atoms with Crippen LogP contribution in [-0.4, -0.2) is 28.6 Å². The molecular formula is C14H18ClNO4. The van der Waals surface area contributed by atoms with Crippen LogP contribution >= 0.6 is 11.6 Å². The first-order valence-corrected chi connectivity index (χ1v) is 6.62. The average molecular weight is 300 g/mol. The lowest BCUT2D eigenvalue weighted by molar-refractivity contribution is -0.145. The highest BCUT2D eigenvalue weighted by atomic mass is 35.5. The second-order valence-corrected chi connectivity index (χ2v) is 5.28. The van der Waals surface area contributed by atoms with E-state index in [1.165, 1.54) is 0 Å². The Bertz CT molecular complexity index is 484. The van der Waals surface area contributed by atoms with Crippen LogP contribution in [0.15, 0.2) is 24.3 Å². The lowest BCUT2D eigenvalue weighted by atomic mass is 10.1. The lowest BCUT2D eigenvalue weighted by Crippen LogP contribution is -2.52. The Kier molecular flexibility index (Phi) is 5.39. The molecule has 0 aliphatic carbocycles. The SMILES string of the molecule is CCC(NC(=O)C(C)(C)Oc1ccc(Cl)cc1)C(=O)O. The number of carbonyl (C=O) groups is 2. The zero-order valence-corrected chi connectivity index (χ0v) is 12.4. The number of carboxylic acids is 1. The largest absolute Gasteiger partial charge is 0.480 e. The lowest BCUT2D eigenvalue weighted by Gasteiger charge is -2.26. The normalized spacial score (nSPS) is 12.6. The van der Waals surface area contributed by atoms with Crippen molar-refractivity contribution in [3.05, 3.63) is 29.3 Å². The smallest absolute Gasteiger partial charge is 0.326 e. The first-order valence-electron chi connectivity index (χ1n) is 6.24. The van der Waals surface area contributed by atoms with E-state index in [4.69, 9.17) is 21.4 Å². The molecule has 1 atom stereocenters. The zero-order valence-electron chi connectivity index (χ0n) is 11.6. The molecule has 110 valence electrons. The van der Waals surface area contributed by atoms with Gasteiger partial charge in [0.1, 0.15) is 11.8 Å². The van der Waals surface area contributed by atoms with Gasteiger partial charge in [0.2, 0.25) is 0 Å². The molecule has 0 aliphatic heterocycles. The van der Waals surface area contributed by atoms with Gasteiger partial charge in [-0.1, -0.05) is 18.5 Å². The molecule has 0 aromatic heterocycles. The predicted octanol–water partition coefficient (Wildman–Crippen LogP) is 2.48. The molecule has 1 unspecified atom stereocenters. The van der Waals surface area contributed by atoms with E-state index in [-0.39, 0.29) is 0 Å². The van der Waals surface area contributed by atoms with Gasteiger partial charge in [0, 0.05) is 5.02 Å². The van der Waals surface area contributed by atoms with E-state index in [2.05, 4.69) is 5.32 Å². The third kappa shape index (κ3) is 4.42. The van der Waals surface area contributed by atoms with Crippen molar-refractivity contribution in [1.29, 1.82) is 0 Å². The topological polar surface area (TPSA) is 75.6 Å². The highest BCUT2D eigenvalue weighted by Gasteiger charge is 2.32. The molecule has 0 bridgehead atoms. The van der Waals surface area contributed by atoms with Crippen molar-refractivity contribution < 1.29 is 19.4 Å². The molecule has 0 aliphatic rings. The average Bonchev–Trinajstić information content (AvgIpc) is 2.37. The standard InChI is InChI=1S/C14H18ClNO4/c1-4-11(12(17)18)16-13(19)14(2,3)20-10-7-5-9(15)6-8-10/h5-8,11H,4H2,1-3H3,(H,16,19)(H,17,18). The zero-order chi connectivity index (χ0) is 15.3. The number of ether oxygens (including phenoxy) is 1. The third-order valence-electron chi connectivity index (χ3n) is 2.75. The highest BCUT2D eigenvalue weighted by molar-refractivity contribution is 6.30. The van der Waals surface area contributed by atoms with Crippen LogP contribution < -0.4 is 10.1 Å². The molecule has 0 radical (unpaired) electrons. The summed E-state index contributed by atoms with van der Waals surface area (Å²) < 4.78 is 5.58. The number of nitrogens with one attached hydrogen (secondary N) is 1. The summed E-state index contributed by atoms with van der Waals surface area (Å²) >= 11 is 5.77. The van der Waals surface area contributed by atoms with E-state index in [1.807, 2.05) is 0 Å². The van der Waals surface area contributed by atoms with Crippen LogP contribution in [0.25, 0.3) is 0 Å². The predicted molar refractivity (Wildman–Crippen MR) is 76.0 cm³/mol. The minimum Gasteiger partial charge on any atom is -0.480 e. The summed E-state index contributed by atoms with van der Waals surface area (Å²) in [6.07, 6.45) is 0.304. The number of carbonyl (C=O) groups excluding carboxylic acids is 1. The number of hydrogen-bond acceptors (Lipinski definition) is 3. The fraction of sp³-hybridized carbons (Fsp3) is 0.429. The van der Waals surface area contributed by atoms with Crippen molar-refractivity contribution >= 4 is 23.5 Å². The third-order valence-corrected chi connectivity index (χ3v) is 3.00. The molecule has 0 saturated heterocycles. The van der Waals surface area contributed by atoms with Crippen molar-refractivity contribution in [1.82, 2.24) is 5.32 Å². The molecule has 1 rings (SSSR count). The Morgan fingerprint density at radius 1 is 1.35 bits per heavy atom.